The number of methoxy groups -OCH3 is 1. The maximum atomic E-state index is 12.3. The Morgan fingerprint density at radius 1 is 1.08 bits per heavy atom. The molecule has 0 spiro atoms. The first-order valence-corrected chi connectivity index (χ1v) is 8.18. The third kappa shape index (κ3) is 5.91. The van der Waals surface area contributed by atoms with Gasteiger partial charge in [-0.3, -0.25) is 14.6 Å². The maximum absolute atomic E-state index is 12.3. The minimum Gasteiger partial charge on any atom is -0.497 e. The summed E-state index contributed by atoms with van der Waals surface area (Å²) in [5.41, 5.74) is 1.91. The van der Waals surface area contributed by atoms with Gasteiger partial charge in [0, 0.05) is 32.3 Å². The summed E-state index contributed by atoms with van der Waals surface area (Å²) in [4.78, 5) is 27.2. The molecule has 1 aromatic carbocycles. The number of pyridine rings is 1. The molecule has 2 rings (SSSR count). The maximum Gasteiger partial charge on any atom is 0.220 e. The summed E-state index contributed by atoms with van der Waals surface area (Å²) in [6.45, 7) is 1.95. The zero-order chi connectivity index (χ0) is 18.1. The molecule has 0 aliphatic heterocycles. The van der Waals surface area contributed by atoms with Crippen molar-refractivity contribution in [2.24, 2.45) is 0 Å². The van der Waals surface area contributed by atoms with E-state index in [-0.39, 0.29) is 17.9 Å². The van der Waals surface area contributed by atoms with Gasteiger partial charge in [-0.2, -0.15) is 0 Å². The van der Waals surface area contributed by atoms with Gasteiger partial charge < -0.3 is 15.4 Å². The Balaban J connectivity index is 2.07. The van der Waals surface area contributed by atoms with Crippen molar-refractivity contribution in [3.05, 3.63) is 59.9 Å². The molecule has 0 bridgehead atoms. The van der Waals surface area contributed by atoms with Crippen molar-refractivity contribution in [2.75, 3.05) is 13.7 Å². The van der Waals surface area contributed by atoms with Crippen LogP contribution in [0.4, 0.5) is 0 Å². The molecule has 0 saturated heterocycles. The van der Waals surface area contributed by atoms with E-state index in [1.807, 2.05) is 36.4 Å². The van der Waals surface area contributed by atoms with Crippen LogP contribution in [0.2, 0.25) is 0 Å². The second kappa shape index (κ2) is 9.42. The van der Waals surface area contributed by atoms with Crippen molar-refractivity contribution in [3.63, 3.8) is 0 Å². The first kappa shape index (κ1) is 18.4. The van der Waals surface area contributed by atoms with Crippen LogP contribution in [0.15, 0.2) is 48.8 Å². The van der Waals surface area contributed by atoms with E-state index < -0.39 is 0 Å². The van der Waals surface area contributed by atoms with Crippen molar-refractivity contribution in [1.29, 1.82) is 0 Å². The van der Waals surface area contributed by atoms with Gasteiger partial charge >= 0.3 is 0 Å². The second-order valence-electron chi connectivity index (χ2n) is 5.64. The molecule has 1 atom stereocenters. The molecule has 0 aliphatic carbocycles. The van der Waals surface area contributed by atoms with Gasteiger partial charge in [0.05, 0.1) is 13.2 Å². The summed E-state index contributed by atoms with van der Waals surface area (Å²) in [5.74, 6) is 0.607. The molecule has 1 aromatic heterocycles. The van der Waals surface area contributed by atoms with Crippen molar-refractivity contribution >= 4 is 11.8 Å². The standard InChI is InChI=1S/C19H23N3O3/c1-14(23)21-11-3-4-18(24)22-19(16-9-12-20-13-10-16)15-5-7-17(25-2)8-6-15/h5-10,12-13,19H,3-4,11H2,1-2H3,(H,21,23)(H,22,24)/t19-/m1/s1. The van der Waals surface area contributed by atoms with Gasteiger partial charge in [-0.25, -0.2) is 0 Å². The molecule has 0 fully saturated rings. The Bertz CT molecular complexity index is 687. The fraction of sp³-hybridized carbons (Fsp3) is 0.316. The molecule has 0 unspecified atom stereocenters. The zero-order valence-electron chi connectivity index (χ0n) is 14.5. The number of hydrogen-bond acceptors (Lipinski definition) is 4. The molecule has 2 aromatic rings. The SMILES string of the molecule is COc1ccc([C@@H](NC(=O)CCCNC(C)=O)c2ccncc2)cc1. The van der Waals surface area contributed by atoms with Crippen molar-refractivity contribution in [3.8, 4) is 5.75 Å². The quantitative estimate of drug-likeness (QED) is 0.722. The molecule has 2 amide bonds. The highest BCUT2D eigenvalue weighted by molar-refractivity contribution is 5.77. The van der Waals surface area contributed by atoms with Crippen LogP contribution in [-0.2, 0) is 9.59 Å². The third-order valence-electron chi connectivity index (χ3n) is 3.75. The fourth-order valence-corrected chi connectivity index (χ4v) is 2.46. The average molecular weight is 341 g/mol. The lowest BCUT2D eigenvalue weighted by Gasteiger charge is -2.20. The Kier molecular flexibility index (Phi) is 6.95. The minimum absolute atomic E-state index is 0.0667. The Labute approximate surface area is 147 Å². The molecular weight excluding hydrogens is 318 g/mol. The van der Waals surface area contributed by atoms with Gasteiger partial charge in [0.15, 0.2) is 0 Å². The smallest absolute Gasteiger partial charge is 0.220 e. The van der Waals surface area contributed by atoms with Crippen molar-refractivity contribution in [1.82, 2.24) is 15.6 Å². The average Bonchev–Trinajstić information content (AvgIpc) is 2.64. The fourth-order valence-electron chi connectivity index (χ4n) is 2.46. The molecule has 6 heteroatoms. The van der Waals surface area contributed by atoms with Crippen LogP contribution in [0.3, 0.4) is 0 Å². The van der Waals surface area contributed by atoms with Crippen LogP contribution in [-0.4, -0.2) is 30.5 Å². The lowest BCUT2D eigenvalue weighted by Crippen LogP contribution is -2.30. The molecule has 132 valence electrons. The van der Waals surface area contributed by atoms with Crippen molar-refractivity contribution in [2.45, 2.75) is 25.8 Å². The number of hydrogen-bond donors (Lipinski definition) is 2. The van der Waals surface area contributed by atoms with Crippen LogP contribution < -0.4 is 15.4 Å². The first-order chi connectivity index (χ1) is 12.1. The molecule has 25 heavy (non-hydrogen) atoms. The molecule has 0 saturated carbocycles. The highest BCUT2D eigenvalue weighted by Gasteiger charge is 2.16. The summed E-state index contributed by atoms with van der Waals surface area (Å²) in [5, 5.41) is 5.74. The third-order valence-corrected chi connectivity index (χ3v) is 3.75. The number of aromatic nitrogens is 1. The Morgan fingerprint density at radius 2 is 1.72 bits per heavy atom. The summed E-state index contributed by atoms with van der Waals surface area (Å²) in [7, 11) is 1.62. The second-order valence-corrected chi connectivity index (χ2v) is 5.64. The summed E-state index contributed by atoms with van der Waals surface area (Å²) in [6.07, 6.45) is 4.35. The van der Waals surface area contributed by atoms with E-state index >= 15 is 0 Å². The van der Waals surface area contributed by atoms with E-state index in [2.05, 4.69) is 15.6 Å². The van der Waals surface area contributed by atoms with Crippen molar-refractivity contribution < 1.29 is 14.3 Å². The number of nitrogens with zero attached hydrogens (tertiary/aromatic N) is 1. The highest BCUT2D eigenvalue weighted by atomic mass is 16.5. The lowest BCUT2D eigenvalue weighted by atomic mass is 9.99. The monoisotopic (exact) mass is 341 g/mol. The summed E-state index contributed by atoms with van der Waals surface area (Å²) in [6, 6.07) is 11.1. The van der Waals surface area contributed by atoms with Gasteiger partial charge in [-0.1, -0.05) is 12.1 Å². The van der Waals surface area contributed by atoms with E-state index in [0.717, 1.165) is 16.9 Å². The molecule has 1 heterocycles. The minimum atomic E-state index is -0.262. The molecule has 0 radical (unpaired) electrons. The van der Waals surface area contributed by atoms with Crippen LogP contribution in [0.25, 0.3) is 0 Å². The van der Waals surface area contributed by atoms with Gasteiger partial charge in [-0.15, -0.1) is 0 Å². The molecular formula is C19H23N3O3. The number of nitrogens with one attached hydrogen (secondary N) is 2. The van der Waals surface area contributed by atoms with Gasteiger partial charge in [-0.05, 0) is 41.8 Å². The van der Waals surface area contributed by atoms with Crippen LogP contribution in [0.5, 0.6) is 5.75 Å². The van der Waals surface area contributed by atoms with E-state index in [9.17, 15) is 9.59 Å². The largest absolute Gasteiger partial charge is 0.497 e. The molecule has 0 aliphatic rings. The number of carbonyl (C=O) groups excluding carboxylic acids is 2. The number of carbonyl (C=O) groups is 2. The molecule has 2 N–H and O–H groups in total. The van der Waals surface area contributed by atoms with Gasteiger partial charge in [0.25, 0.3) is 0 Å². The van der Waals surface area contributed by atoms with E-state index in [1.54, 1.807) is 19.5 Å². The first-order valence-electron chi connectivity index (χ1n) is 8.18. The predicted molar refractivity (Wildman–Crippen MR) is 95.1 cm³/mol. The lowest BCUT2D eigenvalue weighted by molar-refractivity contribution is -0.122. The summed E-state index contributed by atoms with van der Waals surface area (Å²) >= 11 is 0. The number of rotatable bonds is 8. The van der Waals surface area contributed by atoms with Crippen LogP contribution in [0, 0.1) is 0 Å². The highest BCUT2D eigenvalue weighted by Crippen LogP contribution is 2.24. The Hall–Kier alpha value is -2.89. The summed E-state index contributed by atoms with van der Waals surface area (Å²) < 4.78 is 5.19. The van der Waals surface area contributed by atoms with Crippen LogP contribution in [0.1, 0.15) is 36.9 Å². The van der Waals surface area contributed by atoms with Crippen LogP contribution >= 0.6 is 0 Å². The number of benzene rings is 1. The van der Waals surface area contributed by atoms with E-state index in [4.69, 9.17) is 4.74 Å². The van der Waals surface area contributed by atoms with Gasteiger partial charge in [0.2, 0.25) is 11.8 Å². The molecule has 6 nitrogen and oxygen atoms in total. The van der Waals surface area contributed by atoms with E-state index in [1.165, 1.54) is 6.92 Å². The van der Waals surface area contributed by atoms with Gasteiger partial charge in [0.1, 0.15) is 5.75 Å². The number of amides is 2. The normalized spacial score (nSPS) is 11.4. The number of ether oxygens (including phenoxy) is 1. The Morgan fingerprint density at radius 3 is 2.32 bits per heavy atom. The zero-order valence-corrected chi connectivity index (χ0v) is 14.5. The van der Waals surface area contributed by atoms with E-state index in [0.29, 0.717) is 19.4 Å². The topological polar surface area (TPSA) is 80.3 Å². The predicted octanol–water partition coefficient (Wildman–Crippen LogP) is 2.21.